The Bertz CT molecular complexity index is 3630. The van der Waals surface area contributed by atoms with Crippen molar-refractivity contribution in [1.82, 2.24) is 26.6 Å². The zero-order chi connectivity index (χ0) is 48.9. The van der Waals surface area contributed by atoms with Crippen molar-refractivity contribution in [2.45, 2.75) is 109 Å². The number of hydrogen-bond acceptors (Lipinski definition) is 6. The fourth-order valence-electron chi connectivity index (χ4n) is 12.8. The van der Waals surface area contributed by atoms with Gasteiger partial charge in [-0.2, -0.15) is 17.5 Å². The molecule has 0 amide bonds. The number of fused-ring (bicyclic) bond motifs is 11. The first-order valence-corrected chi connectivity index (χ1v) is 28.4. The molecule has 0 radical (unpaired) electrons. The SMILES string of the molecule is CCCCCCCCC1(CCCCCCCC)c2cc(-c3ccc(-n4c5ccccc5c5ccccc54)c4nsnc34)ccc2-c2ccc(-c3ccc(-n4c5ccccc5c5ccccc54)c4nsnc34)cc21. The molecular formula is C65H60N6S2. The molecule has 0 saturated heterocycles. The third-order valence-corrected chi connectivity index (χ3v) is 17.4. The van der Waals surface area contributed by atoms with Crippen LogP contribution in [0.1, 0.15) is 115 Å². The van der Waals surface area contributed by atoms with Crippen molar-refractivity contribution in [2.24, 2.45) is 0 Å². The van der Waals surface area contributed by atoms with Gasteiger partial charge in [-0.3, -0.25) is 0 Å². The van der Waals surface area contributed by atoms with Crippen LogP contribution in [-0.4, -0.2) is 26.6 Å². The molecule has 8 aromatic carbocycles. The Kier molecular flexibility index (Phi) is 12.2. The van der Waals surface area contributed by atoms with Crippen LogP contribution in [0, 0.1) is 0 Å². The summed E-state index contributed by atoms with van der Waals surface area (Å²) < 4.78 is 25.0. The molecule has 6 nitrogen and oxygen atoms in total. The highest BCUT2D eigenvalue weighted by Crippen LogP contribution is 2.56. The highest BCUT2D eigenvalue weighted by Gasteiger charge is 2.43. The predicted octanol–water partition coefficient (Wildman–Crippen LogP) is 19.0. The first-order chi connectivity index (χ1) is 36.2. The van der Waals surface area contributed by atoms with Gasteiger partial charge in [0.1, 0.15) is 22.1 Å². The number of aromatic nitrogens is 6. The van der Waals surface area contributed by atoms with Crippen LogP contribution in [0.2, 0.25) is 0 Å². The van der Waals surface area contributed by atoms with Crippen molar-refractivity contribution in [1.29, 1.82) is 0 Å². The molecule has 0 bridgehead atoms. The van der Waals surface area contributed by atoms with Crippen LogP contribution in [0.25, 0.3) is 110 Å². The van der Waals surface area contributed by atoms with Crippen molar-refractivity contribution < 1.29 is 0 Å². The van der Waals surface area contributed by atoms with Crippen molar-refractivity contribution in [3.05, 3.63) is 169 Å². The summed E-state index contributed by atoms with van der Waals surface area (Å²) in [6.07, 6.45) is 17.5. The van der Waals surface area contributed by atoms with Gasteiger partial charge in [-0.15, -0.1) is 0 Å². The minimum Gasteiger partial charge on any atom is -0.307 e. The van der Waals surface area contributed by atoms with Crippen molar-refractivity contribution in [2.75, 3.05) is 0 Å². The number of unbranched alkanes of at least 4 members (excludes halogenated alkanes) is 10. The summed E-state index contributed by atoms with van der Waals surface area (Å²) in [6.45, 7) is 4.63. The Balaban J connectivity index is 0.944. The minimum atomic E-state index is -0.142. The summed E-state index contributed by atoms with van der Waals surface area (Å²) in [5.74, 6) is 0. The van der Waals surface area contributed by atoms with E-state index in [0.717, 1.165) is 57.4 Å². The molecule has 1 aliphatic carbocycles. The lowest BCUT2D eigenvalue weighted by Gasteiger charge is -2.33. The van der Waals surface area contributed by atoms with E-state index in [9.17, 15) is 0 Å². The number of rotatable bonds is 18. The molecule has 362 valence electrons. The molecule has 0 N–H and O–H groups in total. The largest absolute Gasteiger partial charge is 0.307 e. The van der Waals surface area contributed by atoms with E-state index in [1.54, 1.807) is 0 Å². The monoisotopic (exact) mass is 988 g/mol. The van der Waals surface area contributed by atoms with E-state index in [-0.39, 0.29) is 5.41 Å². The quantitative estimate of drug-likeness (QED) is 0.0804. The molecule has 0 aliphatic heterocycles. The molecule has 0 fully saturated rings. The van der Waals surface area contributed by atoms with Crippen LogP contribution in [-0.2, 0) is 5.41 Å². The smallest absolute Gasteiger partial charge is 0.129 e. The number of nitrogens with zero attached hydrogens (tertiary/aromatic N) is 6. The van der Waals surface area contributed by atoms with Crippen LogP contribution in [0.15, 0.2) is 158 Å². The van der Waals surface area contributed by atoms with E-state index in [1.807, 2.05) is 0 Å². The van der Waals surface area contributed by atoms with Crippen LogP contribution < -0.4 is 0 Å². The average Bonchev–Trinajstić information content (AvgIpc) is 4.29. The van der Waals surface area contributed by atoms with Crippen molar-refractivity contribution >= 4 is 89.1 Å². The van der Waals surface area contributed by atoms with Gasteiger partial charge in [0.15, 0.2) is 0 Å². The van der Waals surface area contributed by atoms with Crippen LogP contribution >= 0.6 is 23.5 Å². The summed E-state index contributed by atoms with van der Waals surface area (Å²) in [5, 5.41) is 4.99. The fraction of sp³-hybridized carbons (Fsp3) is 0.262. The molecule has 4 heterocycles. The predicted molar refractivity (Wildman–Crippen MR) is 310 cm³/mol. The molecule has 4 aromatic heterocycles. The average molecular weight is 989 g/mol. The molecule has 8 heteroatoms. The van der Waals surface area contributed by atoms with E-state index >= 15 is 0 Å². The van der Waals surface area contributed by atoms with Crippen molar-refractivity contribution in [3.63, 3.8) is 0 Å². The maximum atomic E-state index is 5.09. The van der Waals surface area contributed by atoms with Gasteiger partial charge in [0.05, 0.1) is 56.9 Å². The molecule has 0 atom stereocenters. The molecule has 0 unspecified atom stereocenters. The van der Waals surface area contributed by atoms with Crippen LogP contribution in [0.5, 0.6) is 0 Å². The van der Waals surface area contributed by atoms with Gasteiger partial charge >= 0.3 is 0 Å². The normalized spacial score (nSPS) is 13.1. The third kappa shape index (κ3) is 7.70. The van der Waals surface area contributed by atoms with Gasteiger partial charge < -0.3 is 9.13 Å². The lowest BCUT2D eigenvalue weighted by Crippen LogP contribution is -2.25. The van der Waals surface area contributed by atoms with Gasteiger partial charge in [-0.05, 0) is 107 Å². The van der Waals surface area contributed by atoms with E-state index in [2.05, 4.69) is 181 Å². The summed E-state index contributed by atoms with van der Waals surface area (Å²) in [5.41, 5.74) is 20.9. The Labute approximate surface area is 436 Å². The third-order valence-electron chi connectivity index (χ3n) is 16.3. The number of para-hydroxylation sites is 4. The molecule has 73 heavy (non-hydrogen) atoms. The summed E-state index contributed by atoms with van der Waals surface area (Å²) >= 11 is 2.63. The standard InChI is InChI=1S/C65H60N6S2/c1-3-5-7-9-11-21-39-65(40-22-12-10-8-6-4-2)53-41-43(45-35-37-59(63-61(45)66-72-68-63)70-55-27-17-13-23-49(55)50-24-14-18-28-56(50)70)31-33-47(53)48-34-32-44(42-54(48)65)46-36-38-60(64-62(46)67-73-69-64)71-57-29-19-15-25-51(57)52-26-16-20-30-58(52)71/h13-20,23-38,41-42H,3-12,21-22,39-40H2,1-2H3. The number of hydrogen-bond donors (Lipinski definition) is 0. The second kappa shape index (κ2) is 19.4. The second-order valence-corrected chi connectivity index (χ2v) is 21.6. The summed E-state index contributed by atoms with van der Waals surface area (Å²) in [4.78, 5) is 0. The van der Waals surface area contributed by atoms with Crippen LogP contribution in [0.3, 0.4) is 0 Å². The fourth-order valence-corrected chi connectivity index (χ4v) is 13.9. The van der Waals surface area contributed by atoms with Crippen molar-refractivity contribution in [3.8, 4) is 44.8 Å². The van der Waals surface area contributed by atoms with Gasteiger partial charge in [0, 0.05) is 38.1 Å². The lowest BCUT2D eigenvalue weighted by molar-refractivity contribution is 0.398. The Hall–Kier alpha value is -7.00. The first-order valence-electron chi connectivity index (χ1n) is 26.9. The maximum Gasteiger partial charge on any atom is 0.129 e. The number of benzene rings is 8. The van der Waals surface area contributed by atoms with E-state index in [0.29, 0.717) is 0 Å². The lowest BCUT2D eigenvalue weighted by atomic mass is 9.70. The zero-order valence-corrected chi connectivity index (χ0v) is 43.5. The van der Waals surface area contributed by atoms with Crippen LogP contribution in [0.4, 0.5) is 0 Å². The Morgan fingerprint density at radius 1 is 0.356 bits per heavy atom. The van der Waals surface area contributed by atoms with Gasteiger partial charge in [-0.1, -0.05) is 188 Å². The summed E-state index contributed by atoms with van der Waals surface area (Å²) in [7, 11) is 0. The van der Waals surface area contributed by atoms with Gasteiger partial charge in [0.2, 0.25) is 0 Å². The van der Waals surface area contributed by atoms with E-state index in [1.165, 1.54) is 177 Å². The molecule has 0 spiro atoms. The molecule has 1 aliphatic rings. The highest BCUT2D eigenvalue weighted by atomic mass is 32.1. The van der Waals surface area contributed by atoms with E-state index < -0.39 is 0 Å². The zero-order valence-electron chi connectivity index (χ0n) is 41.9. The molecule has 13 rings (SSSR count). The molecule has 12 aromatic rings. The molecular weight excluding hydrogens is 929 g/mol. The maximum absolute atomic E-state index is 5.09. The minimum absolute atomic E-state index is 0.142. The van der Waals surface area contributed by atoms with Gasteiger partial charge in [0.25, 0.3) is 0 Å². The summed E-state index contributed by atoms with van der Waals surface area (Å²) in [6, 6.07) is 58.8. The Morgan fingerprint density at radius 3 is 1.10 bits per heavy atom. The first kappa shape index (κ1) is 45.8. The topological polar surface area (TPSA) is 61.4 Å². The molecule has 0 saturated carbocycles. The Morgan fingerprint density at radius 2 is 0.699 bits per heavy atom. The van der Waals surface area contributed by atoms with E-state index in [4.69, 9.17) is 17.5 Å². The van der Waals surface area contributed by atoms with Gasteiger partial charge in [-0.25, -0.2) is 0 Å². The highest BCUT2D eigenvalue weighted by molar-refractivity contribution is 7.00. The second-order valence-electron chi connectivity index (χ2n) is 20.6.